The number of benzene rings is 2. The van der Waals surface area contributed by atoms with Gasteiger partial charge in [0.2, 0.25) is 5.91 Å². The number of aryl methyl sites for hydroxylation is 1. The van der Waals surface area contributed by atoms with Gasteiger partial charge in [0.15, 0.2) is 0 Å². The molecule has 2 aromatic carbocycles. The van der Waals surface area contributed by atoms with Crippen LogP contribution in [-0.2, 0) is 21.5 Å². The lowest BCUT2D eigenvalue weighted by atomic mass is 9.76. The topological polar surface area (TPSA) is 78.5 Å². The highest BCUT2D eigenvalue weighted by Gasteiger charge is 2.54. The summed E-state index contributed by atoms with van der Waals surface area (Å²) in [5.74, 6) is -2.97. The minimum atomic E-state index is -1.17. The molecular formula is C20H17F2N3O3. The summed E-state index contributed by atoms with van der Waals surface area (Å²) in [7, 11) is 0. The monoisotopic (exact) mass is 385 g/mol. The molecule has 28 heavy (non-hydrogen) atoms. The van der Waals surface area contributed by atoms with Crippen LogP contribution >= 0.6 is 0 Å². The van der Waals surface area contributed by atoms with Crippen molar-refractivity contribution in [2.45, 2.75) is 24.8 Å². The lowest BCUT2D eigenvalue weighted by Crippen LogP contribution is -2.47. The van der Waals surface area contributed by atoms with Gasteiger partial charge >= 0.3 is 6.03 Å². The maximum absolute atomic E-state index is 13.7. The van der Waals surface area contributed by atoms with Gasteiger partial charge in [-0.2, -0.15) is 0 Å². The first-order chi connectivity index (χ1) is 13.4. The number of nitrogens with zero attached hydrogens (tertiary/aromatic N) is 1. The van der Waals surface area contributed by atoms with Crippen molar-refractivity contribution in [2.75, 3.05) is 11.9 Å². The molecular weight excluding hydrogens is 368 g/mol. The quantitative estimate of drug-likeness (QED) is 0.798. The predicted octanol–water partition coefficient (Wildman–Crippen LogP) is 2.69. The molecule has 2 aromatic rings. The summed E-state index contributed by atoms with van der Waals surface area (Å²) in [6, 6.07) is 9.45. The molecule has 144 valence electrons. The van der Waals surface area contributed by atoms with E-state index in [2.05, 4.69) is 10.6 Å². The van der Waals surface area contributed by atoms with Crippen LogP contribution in [0, 0.1) is 11.6 Å². The van der Waals surface area contributed by atoms with Gasteiger partial charge in [-0.1, -0.05) is 24.3 Å². The van der Waals surface area contributed by atoms with Gasteiger partial charge < -0.3 is 10.6 Å². The van der Waals surface area contributed by atoms with Gasteiger partial charge in [-0.05, 0) is 42.5 Å². The van der Waals surface area contributed by atoms with E-state index in [0.717, 1.165) is 41.0 Å². The summed E-state index contributed by atoms with van der Waals surface area (Å²) < 4.78 is 26.7. The van der Waals surface area contributed by atoms with E-state index in [0.29, 0.717) is 12.5 Å². The zero-order chi connectivity index (χ0) is 19.9. The number of fused-ring (bicyclic) bond motifs is 2. The number of amides is 4. The number of hydrogen-bond acceptors (Lipinski definition) is 3. The minimum Gasteiger partial charge on any atom is -0.322 e. The molecule has 1 fully saturated rings. The van der Waals surface area contributed by atoms with Crippen LogP contribution in [0.4, 0.5) is 19.3 Å². The number of hydrogen-bond donors (Lipinski definition) is 2. The van der Waals surface area contributed by atoms with Crippen molar-refractivity contribution in [3.8, 4) is 0 Å². The van der Waals surface area contributed by atoms with Crippen LogP contribution < -0.4 is 10.6 Å². The van der Waals surface area contributed by atoms with Crippen molar-refractivity contribution in [2.24, 2.45) is 0 Å². The molecule has 1 unspecified atom stereocenters. The smallest absolute Gasteiger partial charge is 0.322 e. The third kappa shape index (κ3) is 2.90. The second-order valence-corrected chi connectivity index (χ2v) is 6.91. The van der Waals surface area contributed by atoms with Gasteiger partial charge in [0.05, 0.1) is 5.69 Å². The molecule has 1 spiro atoms. The van der Waals surface area contributed by atoms with E-state index in [1.807, 2.05) is 18.2 Å². The summed E-state index contributed by atoms with van der Waals surface area (Å²) in [6.07, 6.45) is 1.98. The standard InChI is InChI=1S/C20H17F2N3O3/c21-13-7-8-16(15(22)10-13)23-17(26)11-25-18(27)20(24-19(25)28)9-3-5-12-4-1-2-6-14(12)20/h1-2,4,6-8,10H,3,5,9,11H2,(H,23,26)(H,24,28). The molecule has 0 radical (unpaired) electrons. The number of urea groups is 1. The van der Waals surface area contributed by atoms with Crippen LogP contribution in [0.2, 0.25) is 0 Å². The molecule has 1 atom stereocenters. The average molecular weight is 385 g/mol. The maximum Gasteiger partial charge on any atom is 0.325 e. The highest BCUT2D eigenvalue weighted by atomic mass is 19.1. The zero-order valence-electron chi connectivity index (χ0n) is 14.8. The van der Waals surface area contributed by atoms with Gasteiger partial charge in [-0.25, -0.2) is 13.6 Å². The molecule has 2 aliphatic rings. The van der Waals surface area contributed by atoms with E-state index in [9.17, 15) is 23.2 Å². The lowest BCUT2D eigenvalue weighted by Gasteiger charge is -2.33. The Kier molecular flexibility index (Phi) is 4.33. The molecule has 0 aromatic heterocycles. The van der Waals surface area contributed by atoms with Crippen LogP contribution in [0.15, 0.2) is 42.5 Å². The summed E-state index contributed by atoms with van der Waals surface area (Å²) in [6.45, 7) is -0.564. The highest BCUT2D eigenvalue weighted by molar-refractivity contribution is 6.10. The number of anilines is 1. The fraction of sp³-hybridized carbons (Fsp3) is 0.250. The molecule has 6 nitrogen and oxygen atoms in total. The Labute approximate surface area is 159 Å². The van der Waals surface area contributed by atoms with Gasteiger partial charge in [-0.15, -0.1) is 0 Å². The Morgan fingerprint density at radius 1 is 1.18 bits per heavy atom. The van der Waals surface area contributed by atoms with Crippen LogP contribution in [0.3, 0.4) is 0 Å². The second-order valence-electron chi connectivity index (χ2n) is 6.91. The third-order valence-electron chi connectivity index (χ3n) is 5.16. The van der Waals surface area contributed by atoms with Gasteiger partial charge in [0.1, 0.15) is 23.7 Å². The minimum absolute atomic E-state index is 0.226. The third-order valence-corrected chi connectivity index (χ3v) is 5.16. The second kappa shape index (κ2) is 6.70. The highest BCUT2D eigenvalue weighted by Crippen LogP contribution is 2.39. The van der Waals surface area contributed by atoms with Crippen LogP contribution in [0.25, 0.3) is 0 Å². The Hall–Kier alpha value is -3.29. The normalized spacial score (nSPS) is 20.9. The Morgan fingerprint density at radius 3 is 2.75 bits per heavy atom. The SMILES string of the molecule is O=C(CN1C(=O)NC2(CCCc3ccccc32)C1=O)Nc1ccc(F)cc1F. The number of imide groups is 1. The summed E-state index contributed by atoms with van der Waals surface area (Å²) >= 11 is 0. The fourth-order valence-electron chi connectivity index (χ4n) is 3.88. The summed E-state index contributed by atoms with van der Waals surface area (Å²) in [4.78, 5) is 38.7. The number of carbonyl (C=O) groups excluding carboxylic acids is 3. The van der Waals surface area contributed by atoms with Crippen molar-refractivity contribution in [1.82, 2.24) is 10.2 Å². The number of halogens is 2. The first kappa shape index (κ1) is 18.1. The summed E-state index contributed by atoms with van der Waals surface area (Å²) in [5.41, 5.74) is 0.332. The predicted molar refractivity (Wildman–Crippen MR) is 96.3 cm³/mol. The molecule has 2 N–H and O–H groups in total. The van der Waals surface area contributed by atoms with Crippen molar-refractivity contribution in [3.63, 3.8) is 0 Å². The van der Waals surface area contributed by atoms with Gasteiger partial charge in [0, 0.05) is 6.07 Å². The number of nitrogens with one attached hydrogen (secondary N) is 2. The average Bonchev–Trinajstić information content (AvgIpc) is 2.89. The fourth-order valence-corrected chi connectivity index (χ4v) is 3.88. The molecule has 1 aliphatic heterocycles. The van der Waals surface area contributed by atoms with E-state index in [4.69, 9.17) is 0 Å². The molecule has 0 bridgehead atoms. The number of rotatable bonds is 3. The molecule has 1 saturated heterocycles. The Morgan fingerprint density at radius 2 is 1.96 bits per heavy atom. The molecule has 0 saturated carbocycles. The van der Waals surface area contributed by atoms with E-state index < -0.39 is 41.6 Å². The first-order valence-corrected chi connectivity index (χ1v) is 8.88. The van der Waals surface area contributed by atoms with E-state index in [1.54, 1.807) is 6.07 Å². The van der Waals surface area contributed by atoms with Crippen molar-refractivity contribution >= 4 is 23.5 Å². The van der Waals surface area contributed by atoms with Crippen molar-refractivity contribution < 1.29 is 23.2 Å². The Bertz CT molecular complexity index is 994. The molecule has 1 heterocycles. The van der Waals surface area contributed by atoms with E-state index in [1.165, 1.54) is 0 Å². The van der Waals surface area contributed by atoms with Gasteiger partial charge in [-0.3, -0.25) is 14.5 Å². The van der Waals surface area contributed by atoms with Crippen LogP contribution in [0.5, 0.6) is 0 Å². The van der Waals surface area contributed by atoms with Crippen molar-refractivity contribution in [1.29, 1.82) is 0 Å². The number of carbonyl (C=O) groups is 3. The van der Waals surface area contributed by atoms with Crippen LogP contribution in [-0.4, -0.2) is 29.3 Å². The van der Waals surface area contributed by atoms with Crippen molar-refractivity contribution in [3.05, 3.63) is 65.2 Å². The van der Waals surface area contributed by atoms with E-state index >= 15 is 0 Å². The first-order valence-electron chi connectivity index (χ1n) is 8.88. The van der Waals surface area contributed by atoms with E-state index in [-0.39, 0.29) is 5.69 Å². The lowest BCUT2D eigenvalue weighted by molar-refractivity contribution is -0.134. The Balaban J connectivity index is 1.55. The summed E-state index contributed by atoms with van der Waals surface area (Å²) in [5, 5.41) is 5.01. The maximum atomic E-state index is 13.7. The molecule has 8 heteroatoms. The van der Waals surface area contributed by atoms with Gasteiger partial charge in [0.25, 0.3) is 5.91 Å². The van der Waals surface area contributed by atoms with Crippen LogP contribution in [0.1, 0.15) is 24.0 Å². The molecule has 4 amide bonds. The molecule has 4 rings (SSSR count). The molecule has 1 aliphatic carbocycles. The largest absolute Gasteiger partial charge is 0.325 e. The zero-order valence-corrected chi connectivity index (χ0v) is 14.8.